The van der Waals surface area contributed by atoms with Crippen molar-refractivity contribution in [2.24, 2.45) is 0 Å². The molecule has 2 rings (SSSR count). The van der Waals surface area contributed by atoms with E-state index in [1.54, 1.807) is 19.1 Å². The van der Waals surface area contributed by atoms with Crippen LogP contribution < -0.4 is 5.32 Å². The van der Waals surface area contributed by atoms with Crippen LogP contribution >= 0.6 is 0 Å². The Kier molecular flexibility index (Phi) is 5.62. The van der Waals surface area contributed by atoms with Crippen LogP contribution in [-0.2, 0) is 14.9 Å². The van der Waals surface area contributed by atoms with Crippen molar-refractivity contribution in [2.75, 3.05) is 5.32 Å². The lowest BCUT2D eigenvalue weighted by Gasteiger charge is -2.19. The van der Waals surface area contributed by atoms with Gasteiger partial charge in [-0.2, -0.15) is 0 Å². The predicted molar refractivity (Wildman–Crippen MR) is 99.8 cm³/mol. The van der Waals surface area contributed by atoms with Gasteiger partial charge in [0, 0.05) is 5.69 Å². The van der Waals surface area contributed by atoms with Crippen LogP contribution in [0.25, 0.3) is 0 Å². The molecule has 0 heterocycles. The number of anilines is 1. The van der Waals surface area contributed by atoms with E-state index in [9.17, 15) is 9.59 Å². The molecule has 0 radical (unpaired) electrons. The summed E-state index contributed by atoms with van der Waals surface area (Å²) in [5.74, 6) is -0.859. The smallest absolute Gasteiger partial charge is 0.338 e. The fourth-order valence-electron chi connectivity index (χ4n) is 2.34. The maximum atomic E-state index is 12.2. The average molecular weight is 339 g/mol. The van der Waals surface area contributed by atoms with Crippen molar-refractivity contribution < 1.29 is 14.3 Å². The van der Waals surface area contributed by atoms with Gasteiger partial charge in [0.25, 0.3) is 5.91 Å². The maximum absolute atomic E-state index is 12.2. The monoisotopic (exact) mass is 339 g/mol. The number of amides is 1. The van der Waals surface area contributed by atoms with Gasteiger partial charge in [0.15, 0.2) is 6.10 Å². The second-order valence-corrected chi connectivity index (χ2v) is 7.18. The summed E-state index contributed by atoms with van der Waals surface area (Å²) in [5.41, 5.74) is 3.25. The number of aryl methyl sites for hydroxylation is 1. The molecular weight excluding hydrogens is 314 g/mol. The predicted octanol–water partition coefficient (Wildman–Crippen LogP) is 4.48. The molecule has 25 heavy (non-hydrogen) atoms. The summed E-state index contributed by atoms with van der Waals surface area (Å²) in [6.07, 6.45) is -0.880. The van der Waals surface area contributed by atoms with E-state index in [4.69, 9.17) is 4.74 Å². The van der Waals surface area contributed by atoms with Crippen molar-refractivity contribution in [3.8, 4) is 0 Å². The summed E-state index contributed by atoms with van der Waals surface area (Å²) in [6, 6.07) is 14.7. The molecule has 2 aromatic rings. The van der Waals surface area contributed by atoms with E-state index in [1.165, 1.54) is 0 Å². The number of hydrogen-bond donors (Lipinski definition) is 1. The van der Waals surface area contributed by atoms with E-state index >= 15 is 0 Å². The first-order valence-corrected chi connectivity index (χ1v) is 8.36. The van der Waals surface area contributed by atoms with Crippen molar-refractivity contribution in [1.82, 2.24) is 0 Å². The Balaban J connectivity index is 1.99. The van der Waals surface area contributed by atoms with Gasteiger partial charge in [0.05, 0.1) is 5.56 Å². The number of rotatable bonds is 4. The van der Waals surface area contributed by atoms with Crippen LogP contribution in [0.5, 0.6) is 0 Å². The molecule has 2 aromatic carbocycles. The highest BCUT2D eigenvalue weighted by Gasteiger charge is 2.20. The Labute approximate surface area is 149 Å². The van der Waals surface area contributed by atoms with Gasteiger partial charge in [0.2, 0.25) is 0 Å². The first-order valence-electron chi connectivity index (χ1n) is 8.36. The van der Waals surface area contributed by atoms with Crippen molar-refractivity contribution in [2.45, 2.75) is 46.1 Å². The van der Waals surface area contributed by atoms with E-state index in [0.717, 1.165) is 11.1 Å². The SMILES string of the molecule is Cc1ccccc1NC(=O)[C@H](C)OC(=O)c1ccc(C(C)(C)C)cc1. The lowest BCUT2D eigenvalue weighted by Crippen LogP contribution is -2.30. The molecule has 0 saturated carbocycles. The fourth-order valence-corrected chi connectivity index (χ4v) is 2.34. The first kappa shape index (κ1) is 18.7. The van der Waals surface area contributed by atoms with E-state index in [1.807, 2.05) is 43.3 Å². The van der Waals surface area contributed by atoms with Gasteiger partial charge in [-0.1, -0.05) is 51.1 Å². The van der Waals surface area contributed by atoms with Crippen molar-refractivity contribution in [3.05, 3.63) is 65.2 Å². The Morgan fingerprint density at radius 2 is 1.60 bits per heavy atom. The molecule has 1 N–H and O–H groups in total. The summed E-state index contributed by atoms with van der Waals surface area (Å²) in [5, 5.41) is 2.78. The second kappa shape index (κ2) is 7.51. The lowest BCUT2D eigenvalue weighted by molar-refractivity contribution is -0.123. The molecule has 0 aromatic heterocycles. The standard InChI is InChI=1S/C21H25NO3/c1-14-8-6-7-9-18(14)22-19(23)15(2)25-20(24)16-10-12-17(13-11-16)21(3,4)5/h6-13,15H,1-5H3,(H,22,23)/t15-/m0/s1. The number of carbonyl (C=O) groups excluding carboxylic acids is 2. The number of benzene rings is 2. The number of nitrogens with one attached hydrogen (secondary N) is 1. The molecule has 0 unspecified atom stereocenters. The molecule has 1 amide bonds. The maximum Gasteiger partial charge on any atom is 0.338 e. The Morgan fingerprint density at radius 1 is 1.00 bits per heavy atom. The fraction of sp³-hybridized carbons (Fsp3) is 0.333. The minimum atomic E-state index is -0.880. The minimum absolute atomic E-state index is 0.0170. The zero-order chi connectivity index (χ0) is 18.6. The Bertz CT molecular complexity index is 757. The topological polar surface area (TPSA) is 55.4 Å². The third-order valence-corrected chi connectivity index (χ3v) is 4.04. The molecule has 0 bridgehead atoms. The Morgan fingerprint density at radius 3 is 2.16 bits per heavy atom. The molecule has 0 aliphatic carbocycles. The van der Waals surface area contributed by atoms with Crippen LogP contribution in [0, 0.1) is 6.92 Å². The third kappa shape index (κ3) is 4.92. The molecule has 1 atom stereocenters. The van der Waals surface area contributed by atoms with Crippen molar-refractivity contribution >= 4 is 17.6 Å². The van der Waals surface area contributed by atoms with Gasteiger partial charge in [0.1, 0.15) is 0 Å². The van der Waals surface area contributed by atoms with Crippen LogP contribution in [0.15, 0.2) is 48.5 Å². The molecule has 0 aliphatic heterocycles. The van der Waals surface area contributed by atoms with Gasteiger partial charge in [-0.25, -0.2) is 4.79 Å². The summed E-state index contributed by atoms with van der Waals surface area (Å²) in [4.78, 5) is 24.5. The van der Waals surface area contributed by atoms with Crippen LogP contribution in [0.1, 0.15) is 49.2 Å². The van der Waals surface area contributed by atoms with Crippen LogP contribution in [-0.4, -0.2) is 18.0 Å². The largest absolute Gasteiger partial charge is 0.449 e. The molecule has 0 spiro atoms. The van der Waals surface area contributed by atoms with Crippen LogP contribution in [0.4, 0.5) is 5.69 Å². The van der Waals surface area contributed by atoms with Crippen LogP contribution in [0.2, 0.25) is 0 Å². The van der Waals surface area contributed by atoms with E-state index < -0.39 is 12.1 Å². The molecular formula is C21H25NO3. The summed E-state index contributed by atoms with van der Waals surface area (Å²) < 4.78 is 5.28. The lowest BCUT2D eigenvalue weighted by atomic mass is 9.87. The summed E-state index contributed by atoms with van der Waals surface area (Å²) in [6.45, 7) is 9.80. The number of ether oxygens (including phenoxy) is 1. The number of carbonyl (C=O) groups is 2. The highest BCUT2D eigenvalue weighted by molar-refractivity contribution is 5.97. The van der Waals surface area contributed by atoms with E-state index in [2.05, 4.69) is 26.1 Å². The quantitative estimate of drug-likeness (QED) is 0.836. The molecule has 132 valence electrons. The van der Waals surface area contributed by atoms with Crippen molar-refractivity contribution in [3.63, 3.8) is 0 Å². The zero-order valence-electron chi connectivity index (χ0n) is 15.4. The molecule has 0 aliphatic rings. The van der Waals surface area contributed by atoms with Crippen molar-refractivity contribution in [1.29, 1.82) is 0 Å². The summed E-state index contributed by atoms with van der Waals surface area (Å²) in [7, 11) is 0. The molecule has 0 saturated heterocycles. The average Bonchev–Trinajstić information content (AvgIpc) is 2.56. The normalized spacial score (nSPS) is 12.4. The molecule has 4 heteroatoms. The molecule has 0 fully saturated rings. The Hall–Kier alpha value is -2.62. The third-order valence-electron chi connectivity index (χ3n) is 4.04. The van der Waals surface area contributed by atoms with Gasteiger partial charge in [-0.05, 0) is 48.6 Å². The van der Waals surface area contributed by atoms with E-state index in [-0.39, 0.29) is 11.3 Å². The highest BCUT2D eigenvalue weighted by Crippen LogP contribution is 2.22. The highest BCUT2D eigenvalue weighted by atomic mass is 16.5. The number of para-hydroxylation sites is 1. The number of esters is 1. The van der Waals surface area contributed by atoms with Gasteiger partial charge in [-0.3, -0.25) is 4.79 Å². The summed E-state index contributed by atoms with van der Waals surface area (Å²) >= 11 is 0. The minimum Gasteiger partial charge on any atom is -0.449 e. The van der Waals surface area contributed by atoms with Gasteiger partial charge >= 0.3 is 5.97 Å². The van der Waals surface area contributed by atoms with E-state index in [0.29, 0.717) is 11.3 Å². The van der Waals surface area contributed by atoms with Gasteiger partial charge in [-0.15, -0.1) is 0 Å². The van der Waals surface area contributed by atoms with Crippen LogP contribution in [0.3, 0.4) is 0 Å². The number of hydrogen-bond acceptors (Lipinski definition) is 3. The van der Waals surface area contributed by atoms with Gasteiger partial charge < -0.3 is 10.1 Å². The zero-order valence-corrected chi connectivity index (χ0v) is 15.4. The first-order chi connectivity index (χ1) is 11.7. The second-order valence-electron chi connectivity index (χ2n) is 7.18. The molecule has 4 nitrogen and oxygen atoms in total.